The van der Waals surface area contributed by atoms with Crippen LogP contribution in [0.25, 0.3) is 0 Å². The molecule has 2 saturated heterocycles. The molecule has 0 aromatic heterocycles. The van der Waals surface area contributed by atoms with Crippen LogP contribution < -0.4 is 14.4 Å². The van der Waals surface area contributed by atoms with Crippen molar-refractivity contribution in [2.75, 3.05) is 58.4 Å². The number of para-hydroxylation sites is 1. The molecule has 166 valence electrons. The average molecular weight is 424 g/mol. The lowest BCUT2D eigenvalue weighted by Crippen LogP contribution is -2.56. The molecule has 31 heavy (non-hydrogen) atoms. The number of aryl methyl sites for hydroxylation is 1. The van der Waals surface area contributed by atoms with Gasteiger partial charge in [0, 0.05) is 51.0 Å². The zero-order valence-electron chi connectivity index (χ0n) is 18.8. The molecule has 0 spiro atoms. The van der Waals surface area contributed by atoms with Gasteiger partial charge in [0.2, 0.25) is 0 Å². The van der Waals surface area contributed by atoms with Crippen molar-refractivity contribution in [1.29, 1.82) is 0 Å². The summed E-state index contributed by atoms with van der Waals surface area (Å²) in [6.45, 7) is 7.85. The summed E-state index contributed by atoms with van der Waals surface area (Å²) in [5, 5.41) is 0. The van der Waals surface area contributed by atoms with Crippen LogP contribution in [0.15, 0.2) is 42.5 Å². The molecule has 2 heterocycles. The topological polar surface area (TPSA) is 45.3 Å². The summed E-state index contributed by atoms with van der Waals surface area (Å²) in [4.78, 5) is 20.4. The minimum atomic E-state index is 0.0268. The minimum Gasteiger partial charge on any atom is -0.497 e. The fourth-order valence-electron chi connectivity index (χ4n) is 4.83. The van der Waals surface area contributed by atoms with Crippen molar-refractivity contribution in [2.24, 2.45) is 0 Å². The highest BCUT2D eigenvalue weighted by Crippen LogP contribution is 2.28. The first-order chi connectivity index (χ1) is 15.1. The Labute approximate surface area is 185 Å². The fraction of sp³-hybridized carbons (Fsp3) is 0.480. The number of anilines is 1. The maximum Gasteiger partial charge on any atom is 0.257 e. The fourth-order valence-corrected chi connectivity index (χ4v) is 4.83. The third kappa shape index (κ3) is 4.64. The highest BCUT2D eigenvalue weighted by molar-refractivity contribution is 5.97. The van der Waals surface area contributed by atoms with Crippen molar-refractivity contribution in [3.8, 4) is 11.5 Å². The molecule has 1 atom stereocenters. The second-order valence-electron chi connectivity index (χ2n) is 8.42. The van der Waals surface area contributed by atoms with E-state index >= 15 is 0 Å². The summed E-state index contributed by atoms with van der Waals surface area (Å²) in [7, 11) is 3.22. The van der Waals surface area contributed by atoms with Gasteiger partial charge >= 0.3 is 0 Å². The number of carbonyl (C=O) groups is 1. The lowest BCUT2D eigenvalue weighted by atomic mass is 10.0. The molecule has 0 saturated carbocycles. The van der Waals surface area contributed by atoms with Crippen molar-refractivity contribution in [3.63, 3.8) is 0 Å². The van der Waals surface area contributed by atoms with Gasteiger partial charge in [-0.1, -0.05) is 18.2 Å². The van der Waals surface area contributed by atoms with Crippen LogP contribution >= 0.6 is 0 Å². The van der Waals surface area contributed by atoms with Gasteiger partial charge in [-0.05, 0) is 49.6 Å². The number of likely N-dealkylation sites (tertiary alicyclic amines) is 1. The van der Waals surface area contributed by atoms with E-state index in [0.717, 1.165) is 52.1 Å². The zero-order chi connectivity index (χ0) is 21.8. The third-order valence-electron chi connectivity index (χ3n) is 6.61. The van der Waals surface area contributed by atoms with E-state index in [1.54, 1.807) is 26.4 Å². The Balaban J connectivity index is 1.40. The molecule has 6 heteroatoms. The van der Waals surface area contributed by atoms with Crippen molar-refractivity contribution < 1.29 is 14.3 Å². The van der Waals surface area contributed by atoms with Gasteiger partial charge in [-0.25, -0.2) is 0 Å². The van der Waals surface area contributed by atoms with Gasteiger partial charge in [-0.15, -0.1) is 0 Å². The smallest absolute Gasteiger partial charge is 0.257 e. The van der Waals surface area contributed by atoms with Crippen LogP contribution in [0.2, 0.25) is 0 Å². The Bertz CT molecular complexity index is 909. The number of hydrogen-bond acceptors (Lipinski definition) is 5. The zero-order valence-corrected chi connectivity index (χ0v) is 18.8. The Morgan fingerprint density at radius 3 is 2.45 bits per heavy atom. The lowest BCUT2D eigenvalue weighted by Gasteiger charge is -2.44. The van der Waals surface area contributed by atoms with Gasteiger partial charge in [0.25, 0.3) is 5.91 Å². The summed E-state index contributed by atoms with van der Waals surface area (Å²) >= 11 is 0. The van der Waals surface area contributed by atoms with Gasteiger partial charge in [-0.3, -0.25) is 9.69 Å². The summed E-state index contributed by atoms with van der Waals surface area (Å²) in [6, 6.07) is 14.4. The molecule has 4 rings (SSSR count). The van der Waals surface area contributed by atoms with Gasteiger partial charge in [0.05, 0.1) is 19.8 Å². The Kier molecular flexibility index (Phi) is 6.66. The molecule has 0 aliphatic carbocycles. The van der Waals surface area contributed by atoms with E-state index in [9.17, 15) is 4.79 Å². The number of benzene rings is 2. The first-order valence-electron chi connectivity index (χ1n) is 11.2. The maximum absolute atomic E-state index is 13.3. The van der Waals surface area contributed by atoms with Crippen molar-refractivity contribution in [1.82, 2.24) is 9.80 Å². The number of piperidine rings is 1. The molecule has 2 aromatic rings. The predicted octanol–water partition coefficient (Wildman–Crippen LogP) is 3.44. The summed E-state index contributed by atoms with van der Waals surface area (Å²) in [5.41, 5.74) is 3.25. The molecule has 2 aliphatic rings. The molecule has 6 nitrogen and oxygen atoms in total. The Hall–Kier alpha value is -2.73. The quantitative estimate of drug-likeness (QED) is 0.737. The highest BCUT2D eigenvalue weighted by Gasteiger charge is 2.31. The van der Waals surface area contributed by atoms with E-state index < -0.39 is 0 Å². The van der Waals surface area contributed by atoms with Gasteiger partial charge in [0.1, 0.15) is 11.5 Å². The van der Waals surface area contributed by atoms with Crippen LogP contribution in [0.5, 0.6) is 11.5 Å². The van der Waals surface area contributed by atoms with Gasteiger partial charge < -0.3 is 19.3 Å². The monoisotopic (exact) mass is 423 g/mol. The number of rotatable bonds is 5. The first-order valence-corrected chi connectivity index (χ1v) is 11.2. The number of methoxy groups -OCH3 is 2. The molecule has 1 amide bonds. The SMILES string of the molecule is COc1ccc(OC)c(C(=O)N2CCC[C@H](N3CCN(c4ccccc4C)CC3)C2)c1. The van der Waals surface area contributed by atoms with Crippen molar-refractivity contribution in [3.05, 3.63) is 53.6 Å². The molecule has 0 N–H and O–H groups in total. The van der Waals surface area contributed by atoms with E-state index in [4.69, 9.17) is 9.47 Å². The lowest BCUT2D eigenvalue weighted by molar-refractivity contribution is 0.0560. The normalized spacial score (nSPS) is 19.9. The third-order valence-corrected chi connectivity index (χ3v) is 6.61. The van der Waals surface area contributed by atoms with E-state index in [-0.39, 0.29) is 5.91 Å². The molecule has 0 radical (unpaired) electrons. The standard InChI is InChI=1S/C25H33N3O3/c1-19-7-4-5-9-23(19)27-15-13-26(14-16-27)20-8-6-12-28(18-20)25(29)22-17-21(30-2)10-11-24(22)31-3/h4-5,7,9-11,17,20H,6,8,12-16,18H2,1-3H3/t20-/m0/s1. The molecule has 2 aliphatic heterocycles. The summed E-state index contributed by atoms with van der Waals surface area (Å²) < 4.78 is 10.8. The second-order valence-corrected chi connectivity index (χ2v) is 8.42. The predicted molar refractivity (Wildman–Crippen MR) is 123 cm³/mol. The summed E-state index contributed by atoms with van der Waals surface area (Å²) in [5.74, 6) is 1.30. The van der Waals surface area contributed by atoms with E-state index in [0.29, 0.717) is 23.1 Å². The van der Waals surface area contributed by atoms with E-state index in [2.05, 4.69) is 41.0 Å². The molecule has 0 bridgehead atoms. The largest absolute Gasteiger partial charge is 0.497 e. The van der Waals surface area contributed by atoms with Gasteiger partial charge in [0.15, 0.2) is 0 Å². The van der Waals surface area contributed by atoms with Gasteiger partial charge in [-0.2, -0.15) is 0 Å². The number of nitrogens with zero attached hydrogens (tertiary/aromatic N) is 3. The minimum absolute atomic E-state index is 0.0268. The van der Waals surface area contributed by atoms with Crippen LogP contribution in [0, 0.1) is 6.92 Å². The first kappa shape index (κ1) is 21.5. The van der Waals surface area contributed by atoms with E-state index in [1.165, 1.54) is 11.3 Å². The van der Waals surface area contributed by atoms with Crippen LogP contribution in [0.3, 0.4) is 0 Å². The van der Waals surface area contributed by atoms with Crippen LogP contribution in [0.1, 0.15) is 28.8 Å². The number of piperazine rings is 1. The highest BCUT2D eigenvalue weighted by atomic mass is 16.5. The number of hydrogen-bond donors (Lipinski definition) is 0. The average Bonchev–Trinajstić information content (AvgIpc) is 2.83. The van der Waals surface area contributed by atoms with Crippen LogP contribution in [-0.2, 0) is 0 Å². The van der Waals surface area contributed by atoms with Crippen LogP contribution in [0.4, 0.5) is 5.69 Å². The van der Waals surface area contributed by atoms with Crippen LogP contribution in [-0.4, -0.2) is 75.2 Å². The maximum atomic E-state index is 13.3. The van der Waals surface area contributed by atoms with Crippen molar-refractivity contribution >= 4 is 11.6 Å². The number of amides is 1. The van der Waals surface area contributed by atoms with Crippen molar-refractivity contribution in [2.45, 2.75) is 25.8 Å². The van der Waals surface area contributed by atoms with E-state index in [1.807, 2.05) is 11.0 Å². The molecular formula is C25H33N3O3. The Morgan fingerprint density at radius 1 is 0.968 bits per heavy atom. The molecular weight excluding hydrogens is 390 g/mol. The molecule has 0 unspecified atom stereocenters. The molecule has 2 aromatic carbocycles. The second kappa shape index (κ2) is 9.60. The number of ether oxygens (including phenoxy) is 2. The number of carbonyl (C=O) groups excluding carboxylic acids is 1. The molecule has 2 fully saturated rings. The Morgan fingerprint density at radius 2 is 1.74 bits per heavy atom. The summed E-state index contributed by atoms with van der Waals surface area (Å²) in [6.07, 6.45) is 2.17.